The van der Waals surface area contributed by atoms with E-state index in [4.69, 9.17) is 9.90 Å². The average molecular weight is 437 g/mol. The van der Waals surface area contributed by atoms with Gasteiger partial charge in [-0.05, 0) is 30.5 Å². The molecule has 2 aromatic rings. The van der Waals surface area contributed by atoms with E-state index in [0.29, 0.717) is 6.42 Å². The molecule has 1 N–H and O–H groups in total. The molecule has 0 bridgehead atoms. The van der Waals surface area contributed by atoms with Crippen molar-refractivity contribution in [3.05, 3.63) is 42.5 Å². The summed E-state index contributed by atoms with van der Waals surface area (Å²) in [5, 5.41) is 7.12. The monoisotopic (exact) mass is 437 g/mol. The molecule has 0 radical (unpaired) electrons. The van der Waals surface area contributed by atoms with Gasteiger partial charge in [0.1, 0.15) is 0 Å². The first-order valence-electron chi connectivity index (χ1n) is 9.70. The van der Waals surface area contributed by atoms with Crippen molar-refractivity contribution in [2.24, 2.45) is 5.41 Å². The maximum absolute atomic E-state index is 12.5. The number of hydrogen-bond acceptors (Lipinski definition) is 6. The summed E-state index contributed by atoms with van der Waals surface area (Å²) in [6.45, 7) is 4.59. The number of amides is 1. The number of pyridine rings is 1. The minimum Gasteiger partial charge on any atom is -0.475 e. The lowest BCUT2D eigenvalue weighted by Crippen LogP contribution is -2.31. The molecule has 4 heterocycles. The molecule has 1 unspecified atom stereocenters. The number of anilines is 2. The fraction of sp³-hybridized carbons (Fsp3) is 0.450. The van der Waals surface area contributed by atoms with Crippen LogP contribution >= 0.6 is 0 Å². The smallest absolute Gasteiger partial charge is 0.475 e. The predicted octanol–water partition coefficient (Wildman–Crippen LogP) is 2.70. The maximum atomic E-state index is 12.5. The standard InChI is InChI=1S/C18H21N5O.C2HF3O2/c1-2-14-9-20-17(21-10-14)22-7-5-18(12-22)8-16(24)23(13-18)15-4-3-6-19-11-15;3-2(4,5)1(6)7/h3-4,6,9-11H,2,5,7-8,12-13H2,1H3;(H,6,7). The van der Waals surface area contributed by atoms with Gasteiger partial charge in [0.25, 0.3) is 0 Å². The van der Waals surface area contributed by atoms with Gasteiger partial charge in [-0.1, -0.05) is 6.92 Å². The maximum Gasteiger partial charge on any atom is 0.490 e. The van der Waals surface area contributed by atoms with Crippen LogP contribution < -0.4 is 9.80 Å². The number of halogens is 3. The third-order valence-electron chi connectivity index (χ3n) is 5.34. The first-order chi connectivity index (χ1) is 14.6. The van der Waals surface area contributed by atoms with Crippen LogP contribution in [-0.4, -0.2) is 57.7 Å². The summed E-state index contributed by atoms with van der Waals surface area (Å²) >= 11 is 0. The fourth-order valence-electron chi connectivity index (χ4n) is 3.72. The third-order valence-corrected chi connectivity index (χ3v) is 5.34. The molecule has 4 rings (SSSR count). The van der Waals surface area contributed by atoms with Gasteiger partial charge in [0.15, 0.2) is 0 Å². The molecule has 11 heteroatoms. The summed E-state index contributed by atoms with van der Waals surface area (Å²) in [5.41, 5.74) is 2.03. The molecule has 166 valence electrons. The molecule has 2 aliphatic rings. The summed E-state index contributed by atoms with van der Waals surface area (Å²) in [4.78, 5) is 38.6. The molecule has 1 spiro atoms. The molecule has 0 aromatic carbocycles. The highest BCUT2D eigenvalue weighted by molar-refractivity contribution is 5.96. The minimum absolute atomic E-state index is 0.000285. The van der Waals surface area contributed by atoms with Gasteiger partial charge in [0.2, 0.25) is 11.9 Å². The second-order valence-electron chi connectivity index (χ2n) is 7.59. The van der Waals surface area contributed by atoms with E-state index >= 15 is 0 Å². The van der Waals surface area contributed by atoms with Crippen LogP contribution in [0.4, 0.5) is 24.8 Å². The van der Waals surface area contributed by atoms with Crippen molar-refractivity contribution in [1.82, 2.24) is 15.0 Å². The van der Waals surface area contributed by atoms with E-state index in [1.54, 1.807) is 12.4 Å². The number of alkyl halides is 3. The van der Waals surface area contributed by atoms with Crippen molar-refractivity contribution < 1.29 is 27.9 Å². The number of aliphatic carboxylic acids is 1. The highest BCUT2D eigenvalue weighted by atomic mass is 19.4. The fourth-order valence-corrected chi connectivity index (χ4v) is 3.72. The zero-order chi connectivity index (χ0) is 22.6. The van der Waals surface area contributed by atoms with Crippen LogP contribution in [0.5, 0.6) is 0 Å². The molecule has 0 saturated carbocycles. The first kappa shape index (κ1) is 22.4. The van der Waals surface area contributed by atoms with Crippen molar-refractivity contribution in [2.45, 2.75) is 32.4 Å². The summed E-state index contributed by atoms with van der Waals surface area (Å²) in [6, 6.07) is 3.82. The van der Waals surface area contributed by atoms with Gasteiger partial charge < -0.3 is 14.9 Å². The molecule has 31 heavy (non-hydrogen) atoms. The van der Waals surface area contributed by atoms with Gasteiger partial charge in [0.05, 0.1) is 11.9 Å². The van der Waals surface area contributed by atoms with E-state index in [2.05, 4.69) is 26.8 Å². The zero-order valence-electron chi connectivity index (χ0n) is 16.8. The predicted molar refractivity (Wildman–Crippen MR) is 106 cm³/mol. The topological polar surface area (TPSA) is 99.5 Å². The number of aromatic nitrogens is 3. The normalized spacial score (nSPS) is 20.7. The van der Waals surface area contributed by atoms with Crippen LogP contribution in [-0.2, 0) is 16.0 Å². The van der Waals surface area contributed by atoms with Gasteiger partial charge >= 0.3 is 12.1 Å². The first-order valence-corrected chi connectivity index (χ1v) is 9.70. The van der Waals surface area contributed by atoms with Crippen LogP contribution in [0.1, 0.15) is 25.3 Å². The molecule has 2 saturated heterocycles. The average Bonchev–Trinajstić information content (AvgIpc) is 3.31. The number of nitrogens with zero attached hydrogens (tertiary/aromatic N) is 5. The highest BCUT2D eigenvalue weighted by Gasteiger charge is 2.48. The zero-order valence-corrected chi connectivity index (χ0v) is 16.8. The van der Waals surface area contributed by atoms with Crippen LogP contribution in [0, 0.1) is 5.41 Å². The Kier molecular flexibility index (Phi) is 6.42. The Balaban J connectivity index is 0.000000339. The largest absolute Gasteiger partial charge is 0.490 e. The van der Waals surface area contributed by atoms with Crippen molar-refractivity contribution in [1.29, 1.82) is 0 Å². The highest BCUT2D eigenvalue weighted by Crippen LogP contribution is 2.42. The molecule has 2 aliphatic heterocycles. The summed E-state index contributed by atoms with van der Waals surface area (Å²) in [7, 11) is 0. The van der Waals surface area contributed by atoms with E-state index < -0.39 is 12.1 Å². The molecular weight excluding hydrogens is 415 g/mol. The molecule has 8 nitrogen and oxygen atoms in total. The lowest BCUT2D eigenvalue weighted by molar-refractivity contribution is -0.192. The van der Waals surface area contributed by atoms with Crippen molar-refractivity contribution in [3.8, 4) is 0 Å². The lowest BCUT2D eigenvalue weighted by Gasteiger charge is -2.24. The second-order valence-corrected chi connectivity index (χ2v) is 7.59. The third kappa shape index (κ3) is 5.28. The quantitative estimate of drug-likeness (QED) is 0.788. The molecular formula is C20H22F3N5O3. The minimum atomic E-state index is -5.08. The summed E-state index contributed by atoms with van der Waals surface area (Å²) in [6.07, 6.45) is 4.73. The van der Waals surface area contributed by atoms with Crippen LogP contribution in [0.2, 0.25) is 0 Å². The van der Waals surface area contributed by atoms with Crippen LogP contribution in [0.3, 0.4) is 0 Å². The molecule has 2 fully saturated rings. The summed E-state index contributed by atoms with van der Waals surface area (Å²) in [5.74, 6) is -1.80. The van der Waals surface area contributed by atoms with Crippen LogP contribution in [0.25, 0.3) is 0 Å². The number of carbonyl (C=O) groups is 2. The lowest BCUT2D eigenvalue weighted by atomic mass is 9.86. The number of carboxylic acid groups (broad SMARTS) is 1. The van der Waals surface area contributed by atoms with Crippen molar-refractivity contribution in [2.75, 3.05) is 29.4 Å². The summed E-state index contributed by atoms with van der Waals surface area (Å²) < 4.78 is 31.7. The van der Waals surface area contributed by atoms with Gasteiger partial charge in [-0.3, -0.25) is 9.78 Å². The number of hydrogen-bond donors (Lipinski definition) is 1. The molecule has 0 aliphatic carbocycles. The molecule has 2 aromatic heterocycles. The molecule has 1 atom stereocenters. The van der Waals surface area contributed by atoms with E-state index in [0.717, 1.165) is 49.7 Å². The Morgan fingerprint density at radius 2 is 1.90 bits per heavy atom. The van der Waals surface area contributed by atoms with E-state index in [-0.39, 0.29) is 11.3 Å². The number of rotatable bonds is 3. The van der Waals surface area contributed by atoms with Gasteiger partial charge in [-0.2, -0.15) is 13.2 Å². The second kappa shape index (κ2) is 8.86. The number of carboxylic acids is 1. The van der Waals surface area contributed by atoms with E-state index in [9.17, 15) is 18.0 Å². The SMILES string of the molecule is CCc1cnc(N2CCC3(CC(=O)N(c4cccnc4)C3)C2)nc1.O=C(O)C(F)(F)F. The van der Waals surface area contributed by atoms with Crippen molar-refractivity contribution >= 4 is 23.5 Å². The van der Waals surface area contributed by atoms with E-state index in [1.165, 1.54) is 0 Å². The van der Waals surface area contributed by atoms with Gasteiger partial charge in [-0.25, -0.2) is 14.8 Å². The Labute approximate surface area is 176 Å². The molecule has 1 amide bonds. The Bertz CT molecular complexity index is 924. The van der Waals surface area contributed by atoms with E-state index in [1.807, 2.05) is 29.4 Å². The van der Waals surface area contributed by atoms with Crippen LogP contribution in [0.15, 0.2) is 36.9 Å². The Morgan fingerprint density at radius 1 is 1.23 bits per heavy atom. The number of aryl methyl sites for hydroxylation is 1. The Morgan fingerprint density at radius 3 is 2.45 bits per heavy atom. The van der Waals surface area contributed by atoms with Gasteiger partial charge in [-0.15, -0.1) is 0 Å². The number of carbonyl (C=O) groups excluding carboxylic acids is 1. The van der Waals surface area contributed by atoms with Gasteiger partial charge in [0, 0.05) is 50.1 Å². The van der Waals surface area contributed by atoms with Crippen molar-refractivity contribution in [3.63, 3.8) is 0 Å². The Hall–Kier alpha value is -3.24.